The third kappa shape index (κ3) is 4.30. The highest BCUT2D eigenvalue weighted by molar-refractivity contribution is 5.94. The molecule has 0 bridgehead atoms. The Labute approximate surface area is 150 Å². The van der Waals surface area contributed by atoms with E-state index in [4.69, 9.17) is 9.47 Å². The van der Waals surface area contributed by atoms with Gasteiger partial charge in [-0.05, 0) is 35.9 Å². The monoisotopic (exact) mass is 358 g/mol. The third-order valence-corrected chi connectivity index (χ3v) is 4.03. The highest BCUT2D eigenvalue weighted by Gasteiger charge is 2.16. The first kappa shape index (κ1) is 17.7. The number of carbonyl (C=O) groups excluding carboxylic acids is 2. The molecule has 1 heterocycles. The number of carbonyl (C=O) groups is 2. The molecule has 136 valence electrons. The Morgan fingerprint density at radius 1 is 1.12 bits per heavy atom. The summed E-state index contributed by atoms with van der Waals surface area (Å²) in [4.78, 5) is 25.6. The van der Waals surface area contributed by atoms with E-state index >= 15 is 0 Å². The van der Waals surface area contributed by atoms with Crippen LogP contribution in [0.15, 0.2) is 42.5 Å². The van der Waals surface area contributed by atoms with Gasteiger partial charge in [0, 0.05) is 32.1 Å². The third-order valence-electron chi connectivity index (χ3n) is 4.03. The van der Waals surface area contributed by atoms with Crippen molar-refractivity contribution in [3.8, 4) is 11.5 Å². The van der Waals surface area contributed by atoms with Gasteiger partial charge in [0.05, 0.1) is 0 Å². The molecule has 0 aromatic heterocycles. The van der Waals surface area contributed by atoms with Gasteiger partial charge in [-0.3, -0.25) is 9.59 Å². The maximum Gasteiger partial charge on any atom is 0.251 e. The molecule has 6 nitrogen and oxygen atoms in total. The second kappa shape index (κ2) is 7.86. The van der Waals surface area contributed by atoms with Crippen LogP contribution in [0.4, 0.5) is 4.39 Å². The summed E-state index contributed by atoms with van der Waals surface area (Å²) in [5, 5.41) is 2.78. The van der Waals surface area contributed by atoms with Crippen LogP contribution < -0.4 is 14.8 Å². The van der Waals surface area contributed by atoms with Gasteiger partial charge >= 0.3 is 0 Å². The van der Waals surface area contributed by atoms with E-state index in [2.05, 4.69) is 5.32 Å². The van der Waals surface area contributed by atoms with Gasteiger partial charge in [-0.25, -0.2) is 4.39 Å². The number of nitrogens with zero attached hydrogens (tertiary/aromatic N) is 1. The Hall–Kier alpha value is -3.09. The number of amides is 2. The molecule has 2 aromatic carbocycles. The van der Waals surface area contributed by atoms with Gasteiger partial charge in [-0.15, -0.1) is 0 Å². The minimum absolute atomic E-state index is 0.119. The van der Waals surface area contributed by atoms with Crippen LogP contribution in [0.2, 0.25) is 0 Å². The molecule has 3 rings (SSSR count). The minimum atomic E-state index is -0.320. The fraction of sp³-hybridized carbons (Fsp3) is 0.263. The van der Waals surface area contributed by atoms with Gasteiger partial charge in [0.15, 0.2) is 11.5 Å². The minimum Gasteiger partial charge on any atom is -0.454 e. The van der Waals surface area contributed by atoms with Crippen LogP contribution >= 0.6 is 0 Å². The normalized spacial score (nSPS) is 11.9. The summed E-state index contributed by atoms with van der Waals surface area (Å²) in [6.07, 6.45) is 0. The van der Waals surface area contributed by atoms with Gasteiger partial charge < -0.3 is 19.7 Å². The van der Waals surface area contributed by atoms with Crippen LogP contribution in [0.3, 0.4) is 0 Å². The first-order valence-electron chi connectivity index (χ1n) is 8.21. The van der Waals surface area contributed by atoms with Crippen molar-refractivity contribution in [1.29, 1.82) is 0 Å². The lowest BCUT2D eigenvalue weighted by atomic mass is 10.2. The van der Waals surface area contributed by atoms with Crippen LogP contribution in [0, 0.1) is 5.82 Å². The molecule has 0 radical (unpaired) electrons. The zero-order chi connectivity index (χ0) is 18.5. The Kier molecular flexibility index (Phi) is 5.36. The van der Waals surface area contributed by atoms with E-state index in [1.807, 2.05) is 0 Å². The summed E-state index contributed by atoms with van der Waals surface area (Å²) in [6, 6.07) is 11.0. The molecule has 2 aromatic rings. The largest absolute Gasteiger partial charge is 0.454 e. The van der Waals surface area contributed by atoms with Crippen LogP contribution in [0.1, 0.15) is 22.8 Å². The van der Waals surface area contributed by atoms with Crippen molar-refractivity contribution in [2.75, 3.05) is 19.9 Å². The average Bonchev–Trinajstić information content (AvgIpc) is 3.10. The number of hydrogen-bond acceptors (Lipinski definition) is 4. The van der Waals surface area contributed by atoms with E-state index < -0.39 is 0 Å². The van der Waals surface area contributed by atoms with Crippen molar-refractivity contribution in [1.82, 2.24) is 10.2 Å². The number of halogens is 1. The van der Waals surface area contributed by atoms with E-state index in [0.717, 1.165) is 5.56 Å². The molecule has 0 unspecified atom stereocenters. The van der Waals surface area contributed by atoms with Crippen molar-refractivity contribution in [2.45, 2.75) is 13.5 Å². The van der Waals surface area contributed by atoms with Crippen LogP contribution in [-0.2, 0) is 11.3 Å². The van der Waals surface area contributed by atoms with Gasteiger partial charge in [0.1, 0.15) is 5.82 Å². The standard InChI is InChI=1S/C19H19FN2O4/c1-13(23)22(11-14-2-5-16(20)6-3-14)9-8-21-19(24)15-4-7-17-18(10-15)26-12-25-17/h2-7,10H,8-9,11-12H2,1H3,(H,21,24). The van der Waals surface area contributed by atoms with E-state index in [1.54, 1.807) is 35.2 Å². The molecule has 26 heavy (non-hydrogen) atoms. The molecule has 2 amide bonds. The molecular weight excluding hydrogens is 339 g/mol. The quantitative estimate of drug-likeness (QED) is 0.861. The lowest BCUT2D eigenvalue weighted by Gasteiger charge is -2.21. The number of hydrogen-bond donors (Lipinski definition) is 1. The SMILES string of the molecule is CC(=O)N(CCNC(=O)c1ccc2c(c1)OCO2)Cc1ccc(F)cc1. The van der Waals surface area contributed by atoms with Crippen LogP contribution in [0.25, 0.3) is 0 Å². The zero-order valence-corrected chi connectivity index (χ0v) is 14.3. The smallest absolute Gasteiger partial charge is 0.251 e. The molecule has 0 spiro atoms. The van der Waals surface area contributed by atoms with E-state index in [-0.39, 0.29) is 24.4 Å². The maximum absolute atomic E-state index is 13.0. The predicted octanol–water partition coefficient (Wildman–Crippen LogP) is 2.33. The van der Waals surface area contributed by atoms with Crippen molar-refractivity contribution < 1.29 is 23.5 Å². The van der Waals surface area contributed by atoms with Crippen molar-refractivity contribution >= 4 is 11.8 Å². The Morgan fingerprint density at radius 2 is 1.85 bits per heavy atom. The van der Waals surface area contributed by atoms with E-state index in [9.17, 15) is 14.0 Å². The Morgan fingerprint density at radius 3 is 2.58 bits per heavy atom. The first-order valence-corrected chi connectivity index (χ1v) is 8.21. The highest BCUT2D eigenvalue weighted by Crippen LogP contribution is 2.32. The van der Waals surface area contributed by atoms with Crippen LogP contribution in [-0.4, -0.2) is 36.6 Å². The lowest BCUT2D eigenvalue weighted by Crippen LogP contribution is -2.37. The molecule has 7 heteroatoms. The number of nitrogens with one attached hydrogen (secondary N) is 1. The summed E-state index contributed by atoms with van der Waals surface area (Å²) in [7, 11) is 0. The second-order valence-corrected chi connectivity index (χ2v) is 5.89. The fourth-order valence-electron chi connectivity index (χ4n) is 2.60. The zero-order valence-electron chi connectivity index (χ0n) is 14.3. The Balaban J connectivity index is 1.53. The molecule has 1 aliphatic heterocycles. The van der Waals surface area contributed by atoms with E-state index in [0.29, 0.717) is 36.7 Å². The molecule has 1 N–H and O–H groups in total. The average molecular weight is 358 g/mol. The molecule has 0 fully saturated rings. The maximum atomic E-state index is 13.0. The number of ether oxygens (including phenoxy) is 2. The molecule has 0 atom stereocenters. The number of fused-ring (bicyclic) bond motifs is 1. The van der Waals surface area contributed by atoms with E-state index in [1.165, 1.54) is 19.1 Å². The first-order chi connectivity index (χ1) is 12.5. The van der Waals surface area contributed by atoms with Crippen LogP contribution in [0.5, 0.6) is 11.5 Å². The molecular formula is C19H19FN2O4. The molecule has 0 saturated carbocycles. The number of benzene rings is 2. The summed E-state index contributed by atoms with van der Waals surface area (Å²) < 4.78 is 23.4. The van der Waals surface area contributed by atoms with Gasteiger partial charge in [0.2, 0.25) is 12.7 Å². The predicted molar refractivity (Wildman–Crippen MR) is 92.4 cm³/mol. The highest BCUT2D eigenvalue weighted by atomic mass is 19.1. The number of rotatable bonds is 6. The van der Waals surface area contributed by atoms with Crippen molar-refractivity contribution in [3.63, 3.8) is 0 Å². The molecule has 0 aliphatic carbocycles. The topological polar surface area (TPSA) is 67.9 Å². The van der Waals surface area contributed by atoms with Crippen molar-refractivity contribution in [2.24, 2.45) is 0 Å². The molecule has 1 aliphatic rings. The Bertz CT molecular complexity index is 808. The summed E-state index contributed by atoms with van der Waals surface area (Å²) in [5.74, 6) is 0.460. The summed E-state index contributed by atoms with van der Waals surface area (Å²) in [5.41, 5.74) is 1.28. The second-order valence-electron chi connectivity index (χ2n) is 5.89. The molecule has 0 saturated heterocycles. The van der Waals surface area contributed by atoms with Gasteiger partial charge in [-0.2, -0.15) is 0 Å². The summed E-state index contributed by atoms with van der Waals surface area (Å²) >= 11 is 0. The van der Waals surface area contributed by atoms with Gasteiger partial charge in [0.25, 0.3) is 5.91 Å². The van der Waals surface area contributed by atoms with Gasteiger partial charge in [-0.1, -0.05) is 12.1 Å². The summed E-state index contributed by atoms with van der Waals surface area (Å²) in [6.45, 7) is 2.62. The lowest BCUT2D eigenvalue weighted by molar-refractivity contribution is -0.129. The van der Waals surface area contributed by atoms with Crippen molar-refractivity contribution in [3.05, 3.63) is 59.4 Å². The fourth-order valence-corrected chi connectivity index (χ4v) is 2.60.